The van der Waals surface area contributed by atoms with Gasteiger partial charge in [-0.15, -0.1) is 0 Å². The average molecular weight is 299 g/mol. The van der Waals surface area contributed by atoms with E-state index in [1.54, 1.807) is 6.07 Å². The molecule has 1 heterocycles. The van der Waals surface area contributed by atoms with Crippen molar-refractivity contribution in [1.29, 1.82) is 0 Å². The first-order chi connectivity index (χ1) is 8.06. The zero-order chi connectivity index (χ0) is 12.4. The SMILES string of the molecule is CC(Br)COc1cc2oc(=O)ccc2cc1O. The molecule has 0 saturated heterocycles. The van der Waals surface area contributed by atoms with Crippen molar-refractivity contribution >= 4 is 26.9 Å². The number of hydrogen-bond donors (Lipinski definition) is 1. The molecule has 0 spiro atoms. The molecule has 5 heteroatoms. The number of rotatable bonds is 3. The third kappa shape index (κ3) is 2.79. The number of halogens is 1. The number of hydrogen-bond acceptors (Lipinski definition) is 4. The molecule has 2 aromatic rings. The minimum atomic E-state index is -0.428. The largest absolute Gasteiger partial charge is 0.504 e. The summed E-state index contributed by atoms with van der Waals surface area (Å²) in [6, 6.07) is 5.93. The number of fused-ring (bicyclic) bond motifs is 1. The maximum atomic E-state index is 11.1. The molecule has 0 aliphatic rings. The molecular formula is C12H11BrO4. The van der Waals surface area contributed by atoms with Crippen LogP contribution in [0.2, 0.25) is 0 Å². The molecule has 90 valence electrons. The summed E-state index contributed by atoms with van der Waals surface area (Å²) in [6.45, 7) is 2.34. The lowest BCUT2D eigenvalue weighted by Crippen LogP contribution is -2.07. The highest BCUT2D eigenvalue weighted by Crippen LogP contribution is 2.31. The van der Waals surface area contributed by atoms with E-state index in [9.17, 15) is 9.90 Å². The summed E-state index contributed by atoms with van der Waals surface area (Å²) in [6.07, 6.45) is 0. The summed E-state index contributed by atoms with van der Waals surface area (Å²) in [5.74, 6) is 0.331. The van der Waals surface area contributed by atoms with Crippen molar-refractivity contribution in [3.8, 4) is 11.5 Å². The van der Waals surface area contributed by atoms with Crippen molar-refractivity contribution in [3.63, 3.8) is 0 Å². The molecule has 0 amide bonds. The average Bonchev–Trinajstić information content (AvgIpc) is 2.26. The molecule has 17 heavy (non-hydrogen) atoms. The number of ether oxygens (including phenoxy) is 1. The fraction of sp³-hybridized carbons (Fsp3) is 0.250. The molecule has 2 rings (SSSR count). The maximum Gasteiger partial charge on any atom is 0.336 e. The summed E-state index contributed by atoms with van der Waals surface area (Å²) in [5.41, 5.74) is -0.0319. The van der Waals surface area contributed by atoms with Crippen LogP contribution in [-0.2, 0) is 0 Å². The van der Waals surface area contributed by atoms with Crippen LogP contribution in [0.15, 0.2) is 33.5 Å². The van der Waals surface area contributed by atoms with Gasteiger partial charge in [0.2, 0.25) is 0 Å². The van der Waals surface area contributed by atoms with Gasteiger partial charge in [0.25, 0.3) is 0 Å². The quantitative estimate of drug-likeness (QED) is 0.699. The Morgan fingerprint density at radius 1 is 1.47 bits per heavy atom. The summed E-state index contributed by atoms with van der Waals surface area (Å²) in [5, 5.41) is 10.4. The number of phenolic OH excluding ortho intramolecular Hbond substituents is 1. The fourth-order valence-corrected chi connectivity index (χ4v) is 1.54. The predicted octanol–water partition coefficient (Wildman–Crippen LogP) is 2.66. The molecule has 0 bridgehead atoms. The Kier molecular flexibility index (Phi) is 3.38. The molecule has 0 radical (unpaired) electrons. The minimum absolute atomic E-state index is 0.0273. The van der Waals surface area contributed by atoms with Crippen molar-refractivity contribution in [3.05, 3.63) is 34.7 Å². The van der Waals surface area contributed by atoms with Crippen LogP contribution >= 0.6 is 15.9 Å². The highest BCUT2D eigenvalue weighted by Gasteiger charge is 2.08. The molecular weight excluding hydrogens is 288 g/mol. The Morgan fingerprint density at radius 2 is 2.24 bits per heavy atom. The third-order valence-electron chi connectivity index (χ3n) is 2.17. The number of alkyl halides is 1. The van der Waals surface area contributed by atoms with E-state index in [-0.39, 0.29) is 10.6 Å². The highest BCUT2D eigenvalue weighted by molar-refractivity contribution is 9.09. The lowest BCUT2D eigenvalue weighted by Gasteiger charge is -2.09. The normalized spacial score (nSPS) is 12.6. The minimum Gasteiger partial charge on any atom is -0.504 e. The molecule has 0 aliphatic carbocycles. The molecule has 1 aromatic heterocycles. The predicted molar refractivity (Wildman–Crippen MR) is 68.0 cm³/mol. The van der Waals surface area contributed by atoms with Gasteiger partial charge < -0.3 is 14.3 Å². The van der Waals surface area contributed by atoms with Gasteiger partial charge in [0.15, 0.2) is 11.5 Å². The number of aromatic hydroxyl groups is 1. The van der Waals surface area contributed by atoms with Crippen molar-refractivity contribution in [2.45, 2.75) is 11.8 Å². The number of benzene rings is 1. The van der Waals surface area contributed by atoms with E-state index in [4.69, 9.17) is 9.15 Å². The van der Waals surface area contributed by atoms with Crippen LogP contribution < -0.4 is 10.4 Å². The van der Waals surface area contributed by atoms with E-state index in [0.717, 1.165) is 0 Å². The standard InChI is InChI=1S/C12H11BrO4/c1-7(13)6-16-11-5-10-8(4-9(11)14)2-3-12(15)17-10/h2-5,7,14H,6H2,1H3. The molecule has 1 unspecified atom stereocenters. The summed E-state index contributed by atoms with van der Waals surface area (Å²) < 4.78 is 10.4. The number of phenols is 1. The molecule has 1 N–H and O–H groups in total. The van der Waals surface area contributed by atoms with Gasteiger partial charge >= 0.3 is 5.63 Å². The van der Waals surface area contributed by atoms with Gasteiger partial charge in [0, 0.05) is 22.3 Å². The van der Waals surface area contributed by atoms with Gasteiger partial charge in [-0.1, -0.05) is 15.9 Å². The van der Waals surface area contributed by atoms with Gasteiger partial charge in [-0.3, -0.25) is 0 Å². The summed E-state index contributed by atoms with van der Waals surface area (Å²) >= 11 is 3.34. The fourth-order valence-electron chi connectivity index (χ4n) is 1.40. The van der Waals surface area contributed by atoms with E-state index < -0.39 is 5.63 Å². The Morgan fingerprint density at radius 3 is 2.94 bits per heavy atom. The van der Waals surface area contributed by atoms with Crippen molar-refractivity contribution in [2.24, 2.45) is 0 Å². The third-order valence-corrected chi connectivity index (χ3v) is 2.43. The topological polar surface area (TPSA) is 59.7 Å². The van der Waals surface area contributed by atoms with Crippen LogP contribution in [0.4, 0.5) is 0 Å². The van der Waals surface area contributed by atoms with Crippen LogP contribution in [0, 0.1) is 0 Å². The molecule has 1 atom stereocenters. The Labute approximate surface area is 106 Å². The van der Waals surface area contributed by atoms with Gasteiger partial charge in [-0.05, 0) is 19.1 Å². The van der Waals surface area contributed by atoms with Crippen molar-refractivity contribution < 1.29 is 14.3 Å². The summed E-state index contributed by atoms with van der Waals surface area (Å²) in [7, 11) is 0. The molecule has 0 saturated carbocycles. The molecule has 0 aliphatic heterocycles. The van der Waals surface area contributed by atoms with Crippen LogP contribution in [-0.4, -0.2) is 16.5 Å². The van der Waals surface area contributed by atoms with Crippen LogP contribution in [0.1, 0.15) is 6.92 Å². The zero-order valence-corrected chi connectivity index (χ0v) is 10.7. The van der Waals surface area contributed by atoms with E-state index in [1.807, 2.05) is 6.92 Å². The smallest absolute Gasteiger partial charge is 0.336 e. The van der Waals surface area contributed by atoms with Gasteiger partial charge in [0.1, 0.15) is 12.2 Å². The second-order valence-corrected chi connectivity index (χ2v) is 5.27. The van der Waals surface area contributed by atoms with E-state index >= 15 is 0 Å². The van der Waals surface area contributed by atoms with Crippen LogP contribution in [0.25, 0.3) is 11.0 Å². The van der Waals surface area contributed by atoms with E-state index in [2.05, 4.69) is 15.9 Å². The van der Waals surface area contributed by atoms with Crippen LogP contribution in [0.3, 0.4) is 0 Å². The van der Waals surface area contributed by atoms with Gasteiger partial charge in [0.05, 0.1) is 0 Å². The Bertz CT molecular complexity index is 589. The maximum absolute atomic E-state index is 11.1. The van der Waals surface area contributed by atoms with Crippen molar-refractivity contribution in [1.82, 2.24) is 0 Å². The monoisotopic (exact) mass is 298 g/mol. The lowest BCUT2D eigenvalue weighted by atomic mass is 10.2. The van der Waals surface area contributed by atoms with Gasteiger partial charge in [-0.2, -0.15) is 0 Å². The van der Waals surface area contributed by atoms with Crippen molar-refractivity contribution in [2.75, 3.05) is 6.61 Å². The highest BCUT2D eigenvalue weighted by atomic mass is 79.9. The molecule has 4 nitrogen and oxygen atoms in total. The van der Waals surface area contributed by atoms with Crippen LogP contribution in [0.5, 0.6) is 11.5 Å². The Balaban J connectivity index is 2.42. The van der Waals surface area contributed by atoms with E-state index in [1.165, 1.54) is 18.2 Å². The lowest BCUT2D eigenvalue weighted by molar-refractivity contribution is 0.305. The van der Waals surface area contributed by atoms with E-state index in [0.29, 0.717) is 23.3 Å². The second-order valence-electron chi connectivity index (χ2n) is 3.70. The first-order valence-corrected chi connectivity index (χ1v) is 6.01. The molecule has 1 aromatic carbocycles. The zero-order valence-electron chi connectivity index (χ0n) is 9.14. The second kappa shape index (κ2) is 4.79. The Hall–Kier alpha value is -1.49. The molecule has 0 fully saturated rings. The first-order valence-electron chi connectivity index (χ1n) is 5.10. The van der Waals surface area contributed by atoms with Gasteiger partial charge in [-0.25, -0.2) is 4.79 Å². The first kappa shape index (κ1) is 12.0. The summed E-state index contributed by atoms with van der Waals surface area (Å²) in [4.78, 5) is 11.2.